The maximum atomic E-state index is 13.8. The monoisotopic (exact) mass is 456 g/mol. The van der Waals surface area contributed by atoms with Gasteiger partial charge in [0.15, 0.2) is 0 Å². The molecule has 1 aromatic heterocycles. The molecule has 1 atom stereocenters. The zero-order valence-electron chi connectivity index (χ0n) is 19.4. The molecule has 1 aromatic rings. The van der Waals surface area contributed by atoms with Crippen LogP contribution < -0.4 is 4.90 Å². The molecule has 1 saturated heterocycles. The van der Waals surface area contributed by atoms with E-state index in [0.717, 1.165) is 74.9 Å². The van der Waals surface area contributed by atoms with Gasteiger partial charge in [-0.15, -0.1) is 11.3 Å². The van der Waals surface area contributed by atoms with Crippen molar-refractivity contribution < 1.29 is 14.7 Å². The molecule has 0 spiro atoms. The molecule has 4 rings (SSSR count). The molecular formula is C26H36N2O3S. The van der Waals surface area contributed by atoms with Crippen LogP contribution in [0.2, 0.25) is 0 Å². The largest absolute Gasteiger partial charge is 0.477 e. The number of allylic oxidation sites excluding steroid dienone is 4. The van der Waals surface area contributed by atoms with Crippen LogP contribution in [0.15, 0.2) is 24.3 Å². The van der Waals surface area contributed by atoms with Gasteiger partial charge in [0.1, 0.15) is 4.88 Å². The third-order valence-corrected chi connectivity index (χ3v) is 8.43. The minimum absolute atomic E-state index is 0.00584. The minimum Gasteiger partial charge on any atom is -0.477 e. The molecule has 0 bridgehead atoms. The number of amides is 1. The van der Waals surface area contributed by atoms with Crippen LogP contribution in [0.1, 0.15) is 72.8 Å². The molecule has 1 amide bonds. The quantitative estimate of drug-likeness (QED) is 0.598. The number of thiophene rings is 1. The fraction of sp³-hybridized carbons (Fsp3) is 0.615. The third-order valence-electron chi connectivity index (χ3n) is 7.27. The van der Waals surface area contributed by atoms with E-state index in [9.17, 15) is 14.7 Å². The number of hydrogen-bond acceptors (Lipinski definition) is 4. The number of carbonyl (C=O) groups excluding carboxylic acids is 1. The molecule has 1 N–H and O–H groups in total. The smallest absolute Gasteiger partial charge is 0.348 e. The fourth-order valence-electron chi connectivity index (χ4n) is 5.39. The summed E-state index contributed by atoms with van der Waals surface area (Å²) in [6, 6.07) is 1.96. The average Bonchev–Trinajstić information content (AvgIpc) is 3.24. The Morgan fingerprint density at radius 2 is 1.97 bits per heavy atom. The van der Waals surface area contributed by atoms with Gasteiger partial charge in [0.2, 0.25) is 5.91 Å². The summed E-state index contributed by atoms with van der Waals surface area (Å²) in [5.74, 6) is 0.245. The zero-order valence-corrected chi connectivity index (χ0v) is 20.2. The van der Waals surface area contributed by atoms with Gasteiger partial charge in [0, 0.05) is 23.9 Å². The number of likely N-dealkylation sites (tertiary alicyclic amines) is 1. The van der Waals surface area contributed by atoms with Crippen LogP contribution in [0, 0.1) is 17.8 Å². The first-order chi connectivity index (χ1) is 15.4. The average molecular weight is 457 g/mol. The first-order valence-electron chi connectivity index (χ1n) is 12.2. The lowest BCUT2D eigenvalue weighted by Gasteiger charge is -2.36. The molecule has 5 nitrogen and oxygen atoms in total. The summed E-state index contributed by atoms with van der Waals surface area (Å²) in [6.45, 7) is 4.92. The molecule has 0 aromatic carbocycles. The maximum absolute atomic E-state index is 13.8. The number of aromatic carboxylic acids is 1. The number of carbonyl (C=O) groups is 2. The summed E-state index contributed by atoms with van der Waals surface area (Å²) in [5.41, 5.74) is 1.68. The van der Waals surface area contributed by atoms with Crippen LogP contribution in [-0.4, -0.2) is 48.6 Å². The van der Waals surface area contributed by atoms with E-state index in [4.69, 9.17) is 0 Å². The molecule has 2 heterocycles. The Hall–Kier alpha value is -1.92. The number of piperidine rings is 1. The summed E-state index contributed by atoms with van der Waals surface area (Å²) < 4.78 is 0. The highest BCUT2D eigenvalue weighted by Gasteiger charge is 2.34. The Kier molecular flexibility index (Phi) is 7.51. The molecule has 0 radical (unpaired) electrons. The van der Waals surface area contributed by atoms with E-state index < -0.39 is 5.97 Å². The number of anilines is 1. The van der Waals surface area contributed by atoms with E-state index in [1.165, 1.54) is 11.3 Å². The van der Waals surface area contributed by atoms with Crippen molar-refractivity contribution >= 4 is 34.5 Å². The van der Waals surface area contributed by atoms with Gasteiger partial charge in [0.25, 0.3) is 0 Å². The topological polar surface area (TPSA) is 60.9 Å². The summed E-state index contributed by atoms with van der Waals surface area (Å²) in [6.07, 6.45) is 14.6. The standard InChI is InChI=1S/C26H36N2O3S/c1-18-10-12-21(13-11-18)25(29)28(17-19-7-6-14-27(2)16-19)22-15-23(32-24(22)26(30)31)20-8-4-3-5-9-20/h4,8-9,15,18-19,21H,3,5-7,10-14,16-17H2,1-2H3,(H,30,31). The van der Waals surface area contributed by atoms with E-state index in [-0.39, 0.29) is 11.8 Å². The van der Waals surface area contributed by atoms with Gasteiger partial charge < -0.3 is 14.9 Å². The lowest BCUT2D eigenvalue weighted by molar-refractivity contribution is -0.123. The van der Waals surface area contributed by atoms with E-state index in [0.29, 0.717) is 28.9 Å². The summed E-state index contributed by atoms with van der Waals surface area (Å²) >= 11 is 1.31. The van der Waals surface area contributed by atoms with Crippen LogP contribution in [0.4, 0.5) is 5.69 Å². The Morgan fingerprint density at radius 1 is 1.19 bits per heavy atom. The molecule has 2 aliphatic carbocycles. The third kappa shape index (κ3) is 5.34. The first-order valence-corrected chi connectivity index (χ1v) is 13.0. The number of rotatable bonds is 6. The predicted octanol–water partition coefficient (Wildman–Crippen LogP) is 5.68. The maximum Gasteiger partial charge on any atom is 0.348 e. The summed E-state index contributed by atoms with van der Waals surface area (Å²) in [4.78, 5) is 31.5. The number of nitrogens with zero attached hydrogens (tertiary/aromatic N) is 2. The first kappa shape index (κ1) is 23.2. The zero-order chi connectivity index (χ0) is 22.7. The molecule has 3 aliphatic rings. The minimum atomic E-state index is -0.938. The van der Waals surface area contributed by atoms with Crippen molar-refractivity contribution in [3.63, 3.8) is 0 Å². The highest BCUT2D eigenvalue weighted by Crippen LogP contribution is 2.39. The summed E-state index contributed by atoms with van der Waals surface area (Å²) in [7, 11) is 2.13. The second-order valence-corrected chi connectivity index (χ2v) is 11.0. The molecule has 32 heavy (non-hydrogen) atoms. The van der Waals surface area contributed by atoms with Crippen molar-refractivity contribution in [2.45, 2.75) is 58.3 Å². The number of carboxylic acid groups (broad SMARTS) is 1. The second-order valence-electron chi connectivity index (χ2n) is 9.95. The van der Waals surface area contributed by atoms with Crippen molar-refractivity contribution in [3.8, 4) is 0 Å². The van der Waals surface area contributed by atoms with E-state index in [1.807, 2.05) is 11.0 Å². The van der Waals surface area contributed by atoms with E-state index in [1.54, 1.807) is 0 Å². The fourth-order valence-corrected chi connectivity index (χ4v) is 6.41. The van der Waals surface area contributed by atoms with Gasteiger partial charge in [-0.25, -0.2) is 4.79 Å². The van der Waals surface area contributed by atoms with Crippen molar-refractivity contribution in [1.29, 1.82) is 0 Å². The Morgan fingerprint density at radius 3 is 2.62 bits per heavy atom. The lowest BCUT2D eigenvalue weighted by atomic mass is 9.82. The Balaban J connectivity index is 1.67. The van der Waals surface area contributed by atoms with Gasteiger partial charge in [-0.2, -0.15) is 0 Å². The highest BCUT2D eigenvalue weighted by molar-refractivity contribution is 7.15. The van der Waals surface area contributed by atoms with Crippen molar-refractivity contribution in [2.75, 3.05) is 31.6 Å². The predicted molar refractivity (Wildman–Crippen MR) is 131 cm³/mol. The van der Waals surface area contributed by atoms with Gasteiger partial charge >= 0.3 is 5.97 Å². The van der Waals surface area contributed by atoms with Gasteiger partial charge in [-0.05, 0) is 88.4 Å². The van der Waals surface area contributed by atoms with E-state index in [2.05, 4.69) is 37.1 Å². The number of carboxylic acids is 1. The summed E-state index contributed by atoms with van der Waals surface area (Å²) in [5, 5.41) is 10.0. The van der Waals surface area contributed by atoms with Crippen LogP contribution in [0.3, 0.4) is 0 Å². The van der Waals surface area contributed by atoms with Crippen molar-refractivity contribution in [2.24, 2.45) is 17.8 Å². The van der Waals surface area contributed by atoms with Crippen LogP contribution in [-0.2, 0) is 4.79 Å². The Bertz CT molecular complexity index is 895. The van der Waals surface area contributed by atoms with Crippen LogP contribution >= 0.6 is 11.3 Å². The van der Waals surface area contributed by atoms with Crippen molar-refractivity contribution in [3.05, 3.63) is 34.0 Å². The number of hydrogen-bond donors (Lipinski definition) is 1. The second kappa shape index (κ2) is 10.3. The lowest BCUT2D eigenvalue weighted by Crippen LogP contribution is -2.44. The van der Waals surface area contributed by atoms with Crippen molar-refractivity contribution in [1.82, 2.24) is 4.90 Å². The molecule has 1 aliphatic heterocycles. The SMILES string of the molecule is CC1CCC(C(=O)N(CC2CCCN(C)C2)c2cc(C3=CCCC=C3)sc2C(=O)O)CC1. The molecular weight excluding hydrogens is 420 g/mol. The van der Waals surface area contributed by atoms with Gasteiger partial charge in [-0.1, -0.05) is 25.2 Å². The van der Waals surface area contributed by atoms with E-state index >= 15 is 0 Å². The molecule has 1 unspecified atom stereocenters. The Labute approximate surface area is 195 Å². The van der Waals surface area contributed by atoms with Gasteiger partial charge in [0.05, 0.1) is 5.69 Å². The molecule has 1 saturated carbocycles. The normalized spacial score (nSPS) is 26.6. The molecule has 174 valence electrons. The van der Waals surface area contributed by atoms with Gasteiger partial charge in [-0.3, -0.25) is 4.79 Å². The van der Waals surface area contributed by atoms with Crippen LogP contribution in [0.25, 0.3) is 5.57 Å². The molecule has 2 fully saturated rings. The van der Waals surface area contributed by atoms with Crippen LogP contribution in [0.5, 0.6) is 0 Å². The molecule has 6 heteroatoms. The highest BCUT2D eigenvalue weighted by atomic mass is 32.1.